The summed E-state index contributed by atoms with van der Waals surface area (Å²) in [6, 6.07) is 1.56. The molecule has 22 nitrogen and oxygen atoms in total. The van der Waals surface area contributed by atoms with Gasteiger partial charge < -0.3 is 45.5 Å². The molecule has 0 amide bonds. The van der Waals surface area contributed by atoms with Crippen molar-refractivity contribution < 1.29 is 56.7 Å². The number of hydrogen-bond donors (Lipinski definition) is 7. The maximum atomic E-state index is 13.2. The summed E-state index contributed by atoms with van der Waals surface area (Å²) in [4.78, 5) is 51.8. The van der Waals surface area contributed by atoms with Gasteiger partial charge in [0.05, 0.1) is 24.9 Å². The first-order chi connectivity index (χ1) is 21.3. The smallest absolute Gasteiger partial charge is 0.387 e. The van der Waals surface area contributed by atoms with E-state index in [1.165, 1.54) is 17.1 Å². The summed E-state index contributed by atoms with van der Waals surface area (Å²) < 4.78 is 61.3. The molecule has 4 aromatic heterocycles. The van der Waals surface area contributed by atoms with Crippen LogP contribution in [0, 0.1) is 0 Å². The molecule has 3 saturated heterocycles. The van der Waals surface area contributed by atoms with E-state index in [2.05, 4.69) is 24.9 Å². The molecule has 7 rings (SSSR count). The van der Waals surface area contributed by atoms with Crippen LogP contribution in [0.4, 0.5) is 11.8 Å². The molecule has 2 bridgehead atoms. The Morgan fingerprint density at radius 1 is 0.889 bits per heavy atom. The minimum absolute atomic E-state index is 0.124. The topological polar surface area (TPSA) is 317 Å². The van der Waals surface area contributed by atoms with Gasteiger partial charge in [-0.05, 0) is 6.07 Å². The number of nitrogens with one attached hydrogen (secondary N) is 1. The number of anilines is 2. The van der Waals surface area contributed by atoms with E-state index in [-0.39, 0.29) is 28.6 Å². The number of aliphatic hydroxyl groups is 2. The number of phosphoric ester groups is 2. The monoisotopic (exact) mass is 673 g/mol. The molecule has 3 aliphatic heterocycles. The molecule has 0 spiro atoms. The van der Waals surface area contributed by atoms with Gasteiger partial charge >= 0.3 is 15.6 Å². The van der Waals surface area contributed by atoms with Crippen LogP contribution in [-0.4, -0.2) is 104 Å². The third kappa shape index (κ3) is 5.33. The molecule has 7 heterocycles. The van der Waals surface area contributed by atoms with E-state index in [1.807, 2.05) is 0 Å². The summed E-state index contributed by atoms with van der Waals surface area (Å²) in [6.07, 6.45) is -8.73. The first-order valence-electron chi connectivity index (χ1n) is 13.1. The van der Waals surface area contributed by atoms with Gasteiger partial charge in [0.1, 0.15) is 54.4 Å². The number of ether oxygens (including phenoxy) is 2. The molecule has 9 N–H and O–H groups in total. The van der Waals surface area contributed by atoms with Crippen LogP contribution in [0.2, 0.25) is 0 Å². The van der Waals surface area contributed by atoms with Crippen LogP contribution in [0.5, 0.6) is 0 Å². The van der Waals surface area contributed by atoms with E-state index in [0.717, 1.165) is 10.9 Å². The Bertz CT molecular complexity index is 1930. The largest absolute Gasteiger partial charge is 0.472 e. The lowest BCUT2D eigenvalue weighted by Crippen LogP contribution is -2.36. The number of aromatic nitrogens is 7. The lowest BCUT2D eigenvalue weighted by atomic mass is 10.1. The van der Waals surface area contributed by atoms with Crippen molar-refractivity contribution in [1.82, 2.24) is 34.1 Å². The van der Waals surface area contributed by atoms with Crippen LogP contribution in [0.15, 0.2) is 29.7 Å². The molecule has 0 aliphatic carbocycles. The van der Waals surface area contributed by atoms with Gasteiger partial charge in [-0.3, -0.25) is 32.4 Å². The van der Waals surface area contributed by atoms with Gasteiger partial charge in [-0.1, -0.05) is 0 Å². The van der Waals surface area contributed by atoms with Crippen molar-refractivity contribution in [2.45, 2.75) is 49.1 Å². The molecule has 242 valence electrons. The van der Waals surface area contributed by atoms with Gasteiger partial charge in [-0.25, -0.2) is 24.1 Å². The number of nitrogens with zero attached hydrogens (tertiary/aromatic N) is 6. The summed E-state index contributed by atoms with van der Waals surface area (Å²) in [5.41, 5.74) is 10.8. The molecular formula is C21H25N9O13P2. The number of hydrogen-bond acceptors (Lipinski definition) is 17. The molecule has 0 radical (unpaired) electrons. The third-order valence-corrected chi connectivity index (χ3v) is 9.45. The predicted molar refractivity (Wildman–Crippen MR) is 146 cm³/mol. The molecule has 0 saturated carbocycles. The molecule has 4 aromatic rings. The fraction of sp³-hybridized carbons (Fsp3) is 0.476. The number of fused-ring (bicyclic) bond motifs is 5. The van der Waals surface area contributed by atoms with Crippen LogP contribution in [0.25, 0.3) is 22.2 Å². The number of imidazole rings is 1. The normalized spacial score (nSPS) is 37.7. The van der Waals surface area contributed by atoms with Gasteiger partial charge in [-0.2, -0.15) is 4.98 Å². The number of aliphatic hydroxyl groups excluding tert-OH is 2. The average molecular weight is 673 g/mol. The van der Waals surface area contributed by atoms with E-state index in [1.54, 1.807) is 6.07 Å². The first kappa shape index (κ1) is 30.3. The van der Waals surface area contributed by atoms with Crippen molar-refractivity contribution in [1.29, 1.82) is 0 Å². The number of rotatable bonds is 2. The molecular weight excluding hydrogens is 648 g/mol. The molecule has 3 fully saturated rings. The highest BCUT2D eigenvalue weighted by molar-refractivity contribution is 7.47. The fourth-order valence-electron chi connectivity index (χ4n) is 5.44. The Morgan fingerprint density at radius 2 is 1.58 bits per heavy atom. The van der Waals surface area contributed by atoms with E-state index in [9.17, 15) is 33.9 Å². The highest BCUT2D eigenvalue weighted by Crippen LogP contribution is 2.53. The van der Waals surface area contributed by atoms with Gasteiger partial charge in [0.25, 0.3) is 5.56 Å². The maximum Gasteiger partial charge on any atom is 0.472 e. The van der Waals surface area contributed by atoms with E-state index < -0.39 is 83.5 Å². The summed E-state index contributed by atoms with van der Waals surface area (Å²) in [5, 5.41) is 22.6. The maximum absolute atomic E-state index is 13.2. The number of nitrogen functional groups attached to an aromatic ring is 2. The Labute approximate surface area is 249 Å². The second kappa shape index (κ2) is 10.9. The summed E-state index contributed by atoms with van der Waals surface area (Å²) in [5.74, 6) is -0.135. The van der Waals surface area contributed by atoms with Gasteiger partial charge in [0.2, 0.25) is 5.95 Å². The third-order valence-electron chi connectivity index (χ3n) is 7.47. The molecule has 24 heteroatoms. The number of nitrogens with two attached hydrogens (primary N) is 2. The average Bonchev–Trinajstić information content (AvgIpc) is 3.72. The van der Waals surface area contributed by atoms with Crippen LogP contribution >= 0.6 is 15.6 Å². The molecule has 3 aliphatic rings. The SMILES string of the molecule is Nc1nc2c(ncn2[C@@H]2O[C@@H]3COP(=O)(O)O[C@@H]4C(O)[C@H](n5ccc6c(N)ncnc65)O[C@@H]4COP(=O)(O)OC2[C@H]3O)c(=O)[nH]1. The van der Waals surface area contributed by atoms with E-state index in [0.29, 0.717) is 5.39 Å². The number of aromatic amines is 1. The molecule has 10 atom stereocenters. The zero-order valence-corrected chi connectivity index (χ0v) is 24.3. The van der Waals surface area contributed by atoms with Crippen LogP contribution in [0.1, 0.15) is 12.5 Å². The van der Waals surface area contributed by atoms with Crippen molar-refractivity contribution in [3.8, 4) is 0 Å². The zero-order chi connectivity index (χ0) is 31.8. The quantitative estimate of drug-likeness (QED) is 0.116. The van der Waals surface area contributed by atoms with E-state index in [4.69, 9.17) is 39.0 Å². The molecule has 45 heavy (non-hydrogen) atoms. The van der Waals surface area contributed by atoms with Crippen molar-refractivity contribution in [2.75, 3.05) is 24.7 Å². The Balaban J connectivity index is 1.21. The van der Waals surface area contributed by atoms with Crippen LogP contribution < -0.4 is 17.0 Å². The van der Waals surface area contributed by atoms with Crippen LogP contribution in [-0.2, 0) is 36.7 Å². The van der Waals surface area contributed by atoms with Crippen LogP contribution in [0.3, 0.4) is 0 Å². The minimum Gasteiger partial charge on any atom is -0.387 e. The number of phosphoric acid groups is 2. The van der Waals surface area contributed by atoms with Crippen molar-refractivity contribution >= 4 is 49.6 Å². The highest BCUT2D eigenvalue weighted by Gasteiger charge is 2.53. The molecule has 4 unspecified atom stereocenters. The highest BCUT2D eigenvalue weighted by atomic mass is 31.2. The Kier molecular flexibility index (Phi) is 7.32. The fourth-order valence-corrected chi connectivity index (χ4v) is 7.33. The van der Waals surface area contributed by atoms with E-state index >= 15 is 0 Å². The Hall–Kier alpha value is -3.37. The van der Waals surface area contributed by atoms with Gasteiger partial charge in [0, 0.05) is 6.20 Å². The second-order valence-electron chi connectivity index (χ2n) is 10.3. The molecule has 0 aromatic carbocycles. The predicted octanol–water partition coefficient (Wildman–Crippen LogP) is -1.74. The first-order valence-corrected chi connectivity index (χ1v) is 16.1. The second-order valence-corrected chi connectivity index (χ2v) is 13.1. The summed E-state index contributed by atoms with van der Waals surface area (Å²) >= 11 is 0. The summed E-state index contributed by atoms with van der Waals surface area (Å²) in [6.45, 7) is -1.62. The standard InChI is InChI=1S/C21H25N9O13P2/c22-15-7-1-2-29(16(7)25-5-24-15)19-12(32)13-9(41-19)4-39-45(36,37)43-14-11(31)8(3-38-44(34,35)42-13)40-20(14)30-6-26-10-17(30)27-21(23)28-18(10)33/h1-2,5-6,8-9,11-14,19-20,31-32H,3-4H2,(H,34,35)(H,36,37)(H2,22,24,25)(H3,23,27,28,33)/t8-,9-,11+,12?,13+,14?,19-,20-/m1/s1. The van der Waals surface area contributed by atoms with Crippen molar-refractivity contribution in [2.24, 2.45) is 0 Å². The van der Waals surface area contributed by atoms with Crippen molar-refractivity contribution in [3.05, 3.63) is 35.3 Å². The minimum atomic E-state index is -5.10. The number of H-pyrrole nitrogens is 1. The lowest BCUT2D eigenvalue weighted by molar-refractivity contribution is -0.0671. The van der Waals surface area contributed by atoms with Gasteiger partial charge in [-0.15, -0.1) is 0 Å². The zero-order valence-electron chi connectivity index (χ0n) is 22.5. The van der Waals surface area contributed by atoms with Gasteiger partial charge in [0.15, 0.2) is 23.6 Å². The Morgan fingerprint density at radius 3 is 2.33 bits per heavy atom. The van der Waals surface area contributed by atoms with Crippen molar-refractivity contribution in [3.63, 3.8) is 0 Å². The summed E-state index contributed by atoms with van der Waals surface area (Å²) in [7, 11) is -10.2. The lowest BCUT2D eigenvalue weighted by Gasteiger charge is -2.25.